The second-order valence-corrected chi connectivity index (χ2v) is 4.70. The summed E-state index contributed by atoms with van der Waals surface area (Å²) in [7, 11) is 1.98. The highest BCUT2D eigenvalue weighted by Gasteiger charge is 2.28. The maximum absolute atomic E-state index is 11.5. The highest BCUT2D eigenvalue weighted by atomic mass is 16.1. The van der Waals surface area contributed by atoms with E-state index in [1.165, 1.54) is 5.69 Å². The number of carbonyl (C=O) groups excluding carboxylic acids is 1. The fraction of sp³-hybridized carbons (Fsp3) is 0.692. The molecule has 0 aromatic carbocycles. The second kappa shape index (κ2) is 4.81. The van der Waals surface area contributed by atoms with Crippen molar-refractivity contribution in [3.63, 3.8) is 0 Å². The molecular weight excluding hydrogens is 200 g/mol. The van der Waals surface area contributed by atoms with Crippen LogP contribution in [0.5, 0.6) is 0 Å². The van der Waals surface area contributed by atoms with E-state index in [2.05, 4.69) is 18.1 Å². The molecule has 1 aliphatic carbocycles. The summed E-state index contributed by atoms with van der Waals surface area (Å²) < 4.78 is 1.94. The molecule has 3 nitrogen and oxygen atoms in total. The topological polar surface area (TPSA) is 34.9 Å². The number of Topliss-reactive ketones (excluding diaryl/α,β-unsaturated/α-hetero) is 1. The van der Waals surface area contributed by atoms with E-state index in [0.717, 1.165) is 44.2 Å². The quantitative estimate of drug-likeness (QED) is 0.737. The Labute approximate surface area is 96.8 Å². The van der Waals surface area contributed by atoms with Gasteiger partial charge in [0.25, 0.3) is 0 Å². The van der Waals surface area contributed by atoms with E-state index in [9.17, 15) is 4.79 Å². The van der Waals surface area contributed by atoms with Crippen molar-refractivity contribution in [1.29, 1.82) is 0 Å². The van der Waals surface area contributed by atoms with Crippen molar-refractivity contribution in [2.75, 3.05) is 0 Å². The number of ketones is 1. The van der Waals surface area contributed by atoms with Crippen LogP contribution >= 0.6 is 0 Å². The van der Waals surface area contributed by atoms with E-state index in [0.29, 0.717) is 11.7 Å². The SMILES string of the molecule is CCc1cc(CCCC(=O)C2CC2)n(C)n1. The fourth-order valence-corrected chi connectivity index (χ4v) is 2.03. The average molecular weight is 220 g/mol. The van der Waals surface area contributed by atoms with Gasteiger partial charge in [-0.2, -0.15) is 5.10 Å². The van der Waals surface area contributed by atoms with Gasteiger partial charge in [-0.05, 0) is 38.2 Å². The van der Waals surface area contributed by atoms with Gasteiger partial charge in [-0.3, -0.25) is 9.48 Å². The Morgan fingerprint density at radius 3 is 2.88 bits per heavy atom. The molecule has 2 rings (SSSR count). The maximum Gasteiger partial charge on any atom is 0.135 e. The lowest BCUT2D eigenvalue weighted by Crippen LogP contribution is -2.03. The van der Waals surface area contributed by atoms with Crippen LogP contribution in [0.15, 0.2) is 6.07 Å². The van der Waals surface area contributed by atoms with Gasteiger partial charge in [-0.25, -0.2) is 0 Å². The molecule has 1 aliphatic rings. The van der Waals surface area contributed by atoms with Gasteiger partial charge in [-0.1, -0.05) is 6.92 Å². The Morgan fingerprint density at radius 1 is 1.56 bits per heavy atom. The molecule has 3 heteroatoms. The summed E-state index contributed by atoms with van der Waals surface area (Å²) >= 11 is 0. The predicted octanol–water partition coefficient (Wildman–Crippen LogP) is 2.28. The van der Waals surface area contributed by atoms with Crippen molar-refractivity contribution in [2.45, 2.75) is 45.4 Å². The molecular formula is C13H20N2O. The normalized spacial score (nSPS) is 15.4. The van der Waals surface area contributed by atoms with Crippen LogP contribution in [0.1, 0.15) is 44.0 Å². The Bertz CT molecular complexity index is 377. The highest BCUT2D eigenvalue weighted by molar-refractivity contribution is 5.83. The van der Waals surface area contributed by atoms with Gasteiger partial charge in [0.1, 0.15) is 5.78 Å². The molecule has 1 saturated carbocycles. The van der Waals surface area contributed by atoms with Crippen LogP contribution in [-0.4, -0.2) is 15.6 Å². The first-order chi connectivity index (χ1) is 7.70. The second-order valence-electron chi connectivity index (χ2n) is 4.70. The first-order valence-electron chi connectivity index (χ1n) is 6.25. The van der Waals surface area contributed by atoms with E-state index in [1.807, 2.05) is 11.7 Å². The largest absolute Gasteiger partial charge is 0.299 e. The van der Waals surface area contributed by atoms with Gasteiger partial charge in [-0.15, -0.1) is 0 Å². The maximum atomic E-state index is 11.5. The molecule has 88 valence electrons. The van der Waals surface area contributed by atoms with Crippen LogP contribution in [0.25, 0.3) is 0 Å². The van der Waals surface area contributed by atoms with Crippen molar-refractivity contribution in [3.8, 4) is 0 Å². The van der Waals surface area contributed by atoms with Crippen molar-refractivity contribution < 1.29 is 4.79 Å². The van der Waals surface area contributed by atoms with Crippen molar-refractivity contribution in [1.82, 2.24) is 9.78 Å². The van der Waals surface area contributed by atoms with Crippen molar-refractivity contribution >= 4 is 5.78 Å². The Balaban J connectivity index is 1.79. The summed E-state index contributed by atoms with van der Waals surface area (Å²) in [5, 5.41) is 4.41. The first-order valence-corrected chi connectivity index (χ1v) is 6.25. The fourth-order valence-electron chi connectivity index (χ4n) is 2.03. The van der Waals surface area contributed by atoms with E-state index < -0.39 is 0 Å². The molecule has 0 bridgehead atoms. The lowest BCUT2D eigenvalue weighted by Gasteiger charge is -2.00. The molecule has 0 radical (unpaired) electrons. The van der Waals surface area contributed by atoms with E-state index >= 15 is 0 Å². The minimum atomic E-state index is 0.415. The first kappa shape index (κ1) is 11.4. The number of rotatable bonds is 6. The van der Waals surface area contributed by atoms with E-state index in [-0.39, 0.29) is 0 Å². The molecule has 0 spiro atoms. The summed E-state index contributed by atoms with van der Waals surface area (Å²) in [4.78, 5) is 11.5. The predicted molar refractivity (Wildman–Crippen MR) is 63.3 cm³/mol. The lowest BCUT2D eigenvalue weighted by molar-refractivity contribution is -0.120. The van der Waals surface area contributed by atoms with E-state index in [1.54, 1.807) is 0 Å². The molecule has 0 atom stereocenters. The van der Waals surface area contributed by atoms with Crippen LogP contribution in [-0.2, 0) is 24.7 Å². The van der Waals surface area contributed by atoms with Crippen molar-refractivity contribution in [3.05, 3.63) is 17.5 Å². The number of aryl methyl sites for hydroxylation is 3. The van der Waals surface area contributed by atoms with Crippen LogP contribution in [0.2, 0.25) is 0 Å². The summed E-state index contributed by atoms with van der Waals surface area (Å²) in [6, 6.07) is 2.15. The molecule has 1 fully saturated rings. The number of aromatic nitrogens is 2. The molecule has 1 aromatic heterocycles. The molecule has 0 aliphatic heterocycles. The van der Waals surface area contributed by atoms with Gasteiger partial charge >= 0.3 is 0 Å². The highest BCUT2D eigenvalue weighted by Crippen LogP contribution is 2.31. The summed E-state index contributed by atoms with van der Waals surface area (Å²) in [5.41, 5.74) is 2.39. The van der Waals surface area contributed by atoms with E-state index in [4.69, 9.17) is 0 Å². The number of carbonyl (C=O) groups is 1. The van der Waals surface area contributed by atoms with Crippen LogP contribution in [0.4, 0.5) is 0 Å². The van der Waals surface area contributed by atoms with Gasteiger partial charge in [0, 0.05) is 25.1 Å². The van der Waals surface area contributed by atoms with Crippen LogP contribution in [0.3, 0.4) is 0 Å². The number of nitrogens with zero attached hydrogens (tertiary/aromatic N) is 2. The third kappa shape index (κ3) is 2.71. The van der Waals surface area contributed by atoms with Crippen LogP contribution in [0, 0.1) is 5.92 Å². The average Bonchev–Trinajstić information content (AvgIpc) is 3.05. The molecule has 1 heterocycles. The molecule has 0 N–H and O–H groups in total. The Hall–Kier alpha value is -1.12. The third-order valence-electron chi connectivity index (χ3n) is 3.28. The van der Waals surface area contributed by atoms with Gasteiger partial charge in [0.05, 0.1) is 5.69 Å². The van der Waals surface area contributed by atoms with Gasteiger partial charge in [0.2, 0.25) is 0 Å². The zero-order valence-corrected chi connectivity index (χ0v) is 10.2. The van der Waals surface area contributed by atoms with Gasteiger partial charge < -0.3 is 0 Å². The zero-order chi connectivity index (χ0) is 11.5. The standard InChI is InChI=1S/C13H20N2O/c1-3-11-9-12(15(2)14-11)5-4-6-13(16)10-7-8-10/h9-10H,3-8H2,1-2H3. The number of hydrogen-bond acceptors (Lipinski definition) is 2. The minimum Gasteiger partial charge on any atom is -0.299 e. The molecule has 0 amide bonds. The molecule has 16 heavy (non-hydrogen) atoms. The lowest BCUT2D eigenvalue weighted by atomic mass is 10.1. The molecule has 0 unspecified atom stereocenters. The number of hydrogen-bond donors (Lipinski definition) is 0. The van der Waals surface area contributed by atoms with Gasteiger partial charge in [0.15, 0.2) is 0 Å². The van der Waals surface area contributed by atoms with Crippen LogP contribution < -0.4 is 0 Å². The monoisotopic (exact) mass is 220 g/mol. The third-order valence-corrected chi connectivity index (χ3v) is 3.28. The summed E-state index contributed by atoms with van der Waals surface area (Å²) in [6.45, 7) is 2.11. The van der Waals surface area contributed by atoms with Crippen molar-refractivity contribution in [2.24, 2.45) is 13.0 Å². The minimum absolute atomic E-state index is 0.415. The Kier molecular flexibility index (Phi) is 3.42. The molecule has 0 saturated heterocycles. The Morgan fingerprint density at radius 2 is 2.31 bits per heavy atom. The smallest absolute Gasteiger partial charge is 0.135 e. The molecule has 1 aromatic rings. The summed E-state index contributed by atoms with van der Waals surface area (Å²) in [5.74, 6) is 0.885. The zero-order valence-electron chi connectivity index (χ0n) is 10.2. The summed E-state index contributed by atoms with van der Waals surface area (Å²) in [6.07, 6.45) is 5.93.